The summed E-state index contributed by atoms with van der Waals surface area (Å²) in [6.45, 7) is 0. The van der Waals surface area contributed by atoms with Gasteiger partial charge in [0.25, 0.3) is 0 Å². The Hall–Kier alpha value is -1.84. The second-order valence-corrected chi connectivity index (χ2v) is 5.12. The lowest BCUT2D eigenvalue weighted by Gasteiger charge is -2.11. The van der Waals surface area contributed by atoms with Crippen LogP contribution in [0.15, 0.2) is 53.1 Å². The van der Waals surface area contributed by atoms with Crippen molar-refractivity contribution in [3.05, 3.63) is 70.7 Å². The maximum absolute atomic E-state index is 13.9. The molecule has 1 atom stereocenters. The van der Waals surface area contributed by atoms with Gasteiger partial charge in [-0.1, -0.05) is 41.9 Å². The van der Waals surface area contributed by atoms with Gasteiger partial charge >= 0.3 is 0 Å². The number of fused-ring (bicyclic) bond motifs is 1. The van der Waals surface area contributed by atoms with E-state index in [1.165, 1.54) is 6.07 Å². The van der Waals surface area contributed by atoms with Crippen LogP contribution in [0.1, 0.15) is 17.2 Å². The van der Waals surface area contributed by atoms with Crippen molar-refractivity contribution in [2.24, 2.45) is 5.73 Å². The van der Waals surface area contributed by atoms with Crippen molar-refractivity contribution in [3.8, 4) is 0 Å². The third-order valence-electron chi connectivity index (χ3n) is 3.38. The van der Waals surface area contributed by atoms with Crippen molar-refractivity contribution in [2.45, 2.75) is 12.5 Å². The monoisotopic (exact) mass is 289 g/mol. The van der Waals surface area contributed by atoms with Crippen LogP contribution in [-0.2, 0) is 6.42 Å². The highest BCUT2D eigenvalue weighted by molar-refractivity contribution is 6.30. The van der Waals surface area contributed by atoms with Gasteiger partial charge in [-0.15, -0.1) is 0 Å². The molecule has 1 heterocycles. The minimum Gasteiger partial charge on any atom is -0.464 e. The maximum atomic E-state index is 13.9. The Balaban J connectivity index is 1.93. The van der Waals surface area contributed by atoms with Crippen molar-refractivity contribution < 1.29 is 8.81 Å². The van der Waals surface area contributed by atoms with Crippen LogP contribution in [0.2, 0.25) is 5.02 Å². The lowest BCUT2D eigenvalue weighted by molar-refractivity contribution is 0.581. The number of hydrogen-bond donors (Lipinski definition) is 1. The predicted octanol–water partition coefficient (Wildman–Crippen LogP) is 4.47. The predicted molar refractivity (Wildman–Crippen MR) is 78.3 cm³/mol. The molecule has 0 spiro atoms. The third kappa shape index (κ3) is 2.30. The summed E-state index contributed by atoms with van der Waals surface area (Å²) >= 11 is 5.78. The van der Waals surface area contributed by atoms with Crippen LogP contribution in [0.4, 0.5) is 4.39 Å². The van der Waals surface area contributed by atoms with Gasteiger partial charge in [-0.05, 0) is 24.1 Å². The summed E-state index contributed by atoms with van der Waals surface area (Å²) in [6.07, 6.45) is 2.01. The molecule has 3 aromatic rings. The molecule has 20 heavy (non-hydrogen) atoms. The van der Waals surface area contributed by atoms with Gasteiger partial charge < -0.3 is 10.2 Å². The molecule has 0 saturated heterocycles. The smallest absolute Gasteiger partial charge is 0.145 e. The Morgan fingerprint density at radius 1 is 1.15 bits per heavy atom. The second-order valence-electron chi connectivity index (χ2n) is 4.71. The van der Waals surface area contributed by atoms with Crippen molar-refractivity contribution in [1.29, 1.82) is 0 Å². The summed E-state index contributed by atoms with van der Waals surface area (Å²) in [6, 6.07) is 12.3. The van der Waals surface area contributed by atoms with Crippen LogP contribution >= 0.6 is 11.6 Å². The molecular formula is C16H13ClFNO. The third-order valence-corrected chi connectivity index (χ3v) is 3.67. The van der Waals surface area contributed by atoms with E-state index < -0.39 is 5.82 Å². The number of nitrogens with two attached hydrogens (primary N) is 1. The summed E-state index contributed by atoms with van der Waals surface area (Å²) in [5, 5.41) is 1.08. The van der Waals surface area contributed by atoms with Gasteiger partial charge in [-0.25, -0.2) is 4.39 Å². The fourth-order valence-electron chi connectivity index (χ4n) is 2.34. The Labute approximate surface area is 121 Å². The lowest BCUT2D eigenvalue weighted by atomic mass is 9.99. The molecule has 1 aromatic heterocycles. The molecule has 3 rings (SSSR count). The molecule has 2 N–H and O–H groups in total. The summed E-state index contributed by atoms with van der Waals surface area (Å²) in [5.41, 5.74) is 8.35. The number of benzene rings is 2. The molecule has 0 saturated carbocycles. The van der Waals surface area contributed by atoms with Crippen molar-refractivity contribution in [3.63, 3.8) is 0 Å². The van der Waals surface area contributed by atoms with Crippen LogP contribution < -0.4 is 5.73 Å². The number of furan rings is 1. The fraction of sp³-hybridized carbons (Fsp3) is 0.125. The highest BCUT2D eigenvalue weighted by atomic mass is 35.5. The minimum absolute atomic E-state index is 0.117. The number of para-hydroxylation sites is 1. The first-order valence-electron chi connectivity index (χ1n) is 6.31. The number of rotatable bonds is 3. The maximum Gasteiger partial charge on any atom is 0.145 e. The highest BCUT2D eigenvalue weighted by Crippen LogP contribution is 2.28. The van der Waals surface area contributed by atoms with Crippen LogP contribution in [-0.4, -0.2) is 0 Å². The zero-order chi connectivity index (χ0) is 14.1. The zero-order valence-corrected chi connectivity index (χ0v) is 11.4. The van der Waals surface area contributed by atoms with Crippen molar-refractivity contribution in [1.82, 2.24) is 0 Å². The molecule has 1 unspecified atom stereocenters. The van der Waals surface area contributed by atoms with Gasteiger partial charge in [0.2, 0.25) is 0 Å². The van der Waals surface area contributed by atoms with E-state index in [1.54, 1.807) is 18.4 Å². The van der Waals surface area contributed by atoms with Gasteiger partial charge in [0, 0.05) is 17.0 Å². The molecule has 0 fully saturated rings. The molecular weight excluding hydrogens is 277 g/mol. The SMILES string of the molecule is NC(Cc1cccc(Cl)c1F)c1coc2ccccc12. The van der Waals surface area contributed by atoms with E-state index in [-0.39, 0.29) is 11.1 Å². The Morgan fingerprint density at radius 2 is 1.95 bits per heavy atom. The van der Waals surface area contributed by atoms with E-state index >= 15 is 0 Å². The summed E-state index contributed by atoms with van der Waals surface area (Å²) < 4.78 is 19.4. The molecule has 102 valence electrons. The average molecular weight is 290 g/mol. The van der Waals surface area contributed by atoms with E-state index in [0.717, 1.165) is 16.5 Å². The lowest BCUT2D eigenvalue weighted by Crippen LogP contribution is -2.13. The van der Waals surface area contributed by atoms with Gasteiger partial charge in [-0.3, -0.25) is 0 Å². The van der Waals surface area contributed by atoms with E-state index in [2.05, 4.69) is 0 Å². The van der Waals surface area contributed by atoms with Crippen molar-refractivity contribution in [2.75, 3.05) is 0 Å². The van der Waals surface area contributed by atoms with Gasteiger partial charge in [0.1, 0.15) is 11.4 Å². The van der Waals surface area contributed by atoms with E-state index in [4.69, 9.17) is 21.8 Å². The van der Waals surface area contributed by atoms with E-state index in [9.17, 15) is 4.39 Å². The van der Waals surface area contributed by atoms with Crippen LogP contribution in [0.25, 0.3) is 11.0 Å². The van der Waals surface area contributed by atoms with Gasteiger partial charge in [-0.2, -0.15) is 0 Å². The first-order chi connectivity index (χ1) is 9.66. The van der Waals surface area contributed by atoms with Crippen molar-refractivity contribution >= 4 is 22.6 Å². The first-order valence-corrected chi connectivity index (χ1v) is 6.69. The van der Waals surface area contributed by atoms with E-state index in [0.29, 0.717) is 12.0 Å². The molecule has 4 heteroatoms. The molecule has 0 aliphatic carbocycles. The van der Waals surface area contributed by atoms with Gasteiger partial charge in [0.05, 0.1) is 11.3 Å². The Morgan fingerprint density at radius 3 is 2.80 bits per heavy atom. The fourth-order valence-corrected chi connectivity index (χ4v) is 2.53. The van der Waals surface area contributed by atoms with Crippen LogP contribution in [0, 0.1) is 5.82 Å². The number of hydrogen-bond acceptors (Lipinski definition) is 2. The Kier molecular flexibility index (Phi) is 3.47. The molecule has 0 bridgehead atoms. The quantitative estimate of drug-likeness (QED) is 0.773. The molecule has 0 amide bonds. The topological polar surface area (TPSA) is 39.2 Å². The van der Waals surface area contributed by atoms with E-state index in [1.807, 2.05) is 24.3 Å². The average Bonchev–Trinajstić information content (AvgIpc) is 2.88. The second kappa shape index (κ2) is 5.27. The molecule has 0 radical (unpaired) electrons. The van der Waals surface area contributed by atoms with Crippen LogP contribution in [0.3, 0.4) is 0 Å². The summed E-state index contributed by atoms with van der Waals surface area (Å²) in [7, 11) is 0. The van der Waals surface area contributed by atoms with Gasteiger partial charge in [0.15, 0.2) is 0 Å². The normalized spacial score (nSPS) is 12.8. The standard InChI is InChI=1S/C16H13ClFNO/c17-13-6-3-4-10(16(13)18)8-14(19)12-9-20-15-7-2-1-5-11(12)15/h1-7,9,14H,8,19H2. The largest absolute Gasteiger partial charge is 0.464 e. The first kappa shape index (κ1) is 13.2. The van der Waals surface area contributed by atoms with Crippen LogP contribution in [0.5, 0.6) is 0 Å². The molecule has 2 nitrogen and oxygen atoms in total. The summed E-state index contributed by atoms with van der Waals surface area (Å²) in [4.78, 5) is 0. The number of halogens is 2. The highest BCUT2D eigenvalue weighted by Gasteiger charge is 2.16. The molecule has 0 aliphatic heterocycles. The Bertz CT molecular complexity index is 753. The minimum atomic E-state index is -0.405. The zero-order valence-electron chi connectivity index (χ0n) is 10.6. The molecule has 2 aromatic carbocycles. The summed E-state index contributed by atoms with van der Waals surface area (Å²) in [5.74, 6) is -0.405. The molecule has 0 aliphatic rings.